The molecule has 0 aliphatic heterocycles. The third kappa shape index (κ3) is 6.24. The Hall–Kier alpha value is -2.25. The van der Waals surface area contributed by atoms with Crippen molar-refractivity contribution in [1.29, 1.82) is 0 Å². The molecule has 0 aliphatic carbocycles. The highest BCUT2D eigenvalue weighted by Gasteiger charge is 2.27. The fraction of sp³-hybridized carbons (Fsp3) is 0.176. The number of halogens is 5. The predicted molar refractivity (Wildman–Crippen MR) is 93.6 cm³/mol. The molecule has 9 heteroatoms. The van der Waals surface area contributed by atoms with Gasteiger partial charge in [-0.1, -0.05) is 35.3 Å². The highest BCUT2D eigenvalue weighted by Crippen LogP contribution is 2.22. The third-order valence-electron chi connectivity index (χ3n) is 3.24. The monoisotopic (exact) mass is 404 g/mol. The normalized spacial score (nSPS) is 11.1. The quantitative estimate of drug-likeness (QED) is 0.772. The first-order valence-corrected chi connectivity index (χ1v) is 8.08. The van der Waals surface area contributed by atoms with Gasteiger partial charge in [-0.25, -0.2) is 0 Å². The topological polar surface area (TPSA) is 58.2 Å². The second-order valence-electron chi connectivity index (χ2n) is 5.34. The van der Waals surface area contributed by atoms with Crippen LogP contribution in [0.1, 0.15) is 15.9 Å². The molecule has 26 heavy (non-hydrogen) atoms. The van der Waals surface area contributed by atoms with E-state index in [2.05, 4.69) is 5.32 Å². The van der Waals surface area contributed by atoms with Crippen molar-refractivity contribution in [3.05, 3.63) is 63.6 Å². The van der Waals surface area contributed by atoms with Crippen LogP contribution in [-0.2, 0) is 11.2 Å². The highest BCUT2D eigenvalue weighted by atomic mass is 35.5. The van der Waals surface area contributed by atoms with Crippen LogP contribution < -0.4 is 10.6 Å². The molecule has 138 valence electrons. The van der Waals surface area contributed by atoms with Gasteiger partial charge in [-0.2, -0.15) is 13.2 Å². The fourth-order valence-corrected chi connectivity index (χ4v) is 2.52. The minimum Gasteiger partial charge on any atom is -0.347 e. The van der Waals surface area contributed by atoms with Crippen LogP contribution in [0, 0.1) is 0 Å². The highest BCUT2D eigenvalue weighted by molar-refractivity contribution is 6.37. The lowest BCUT2D eigenvalue weighted by Gasteiger charge is -2.09. The van der Waals surface area contributed by atoms with Crippen LogP contribution in [0.5, 0.6) is 0 Å². The van der Waals surface area contributed by atoms with Gasteiger partial charge in [0.2, 0.25) is 5.91 Å². The zero-order valence-corrected chi connectivity index (χ0v) is 14.7. The number of anilines is 1. The summed E-state index contributed by atoms with van der Waals surface area (Å²) in [7, 11) is 0. The van der Waals surface area contributed by atoms with Gasteiger partial charge in [0.15, 0.2) is 0 Å². The number of carbonyl (C=O) groups is 2. The molecule has 2 aromatic rings. The molecular formula is C17H13Cl2F3N2O2. The second kappa shape index (κ2) is 8.42. The van der Waals surface area contributed by atoms with Crippen LogP contribution in [0.2, 0.25) is 10.0 Å². The van der Waals surface area contributed by atoms with Crippen LogP contribution in [0.15, 0.2) is 42.5 Å². The third-order valence-corrected chi connectivity index (χ3v) is 3.79. The molecule has 4 nitrogen and oxygen atoms in total. The van der Waals surface area contributed by atoms with E-state index in [0.29, 0.717) is 16.3 Å². The molecule has 0 unspecified atom stereocenters. The number of benzene rings is 2. The van der Waals surface area contributed by atoms with E-state index in [0.717, 1.165) is 0 Å². The van der Waals surface area contributed by atoms with E-state index in [9.17, 15) is 22.8 Å². The van der Waals surface area contributed by atoms with Gasteiger partial charge < -0.3 is 10.6 Å². The molecule has 0 atom stereocenters. The van der Waals surface area contributed by atoms with Crippen molar-refractivity contribution in [3.63, 3.8) is 0 Å². The van der Waals surface area contributed by atoms with Crippen molar-refractivity contribution in [3.8, 4) is 0 Å². The van der Waals surface area contributed by atoms with Gasteiger partial charge in [0, 0.05) is 10.7 Å². The average molecular weight is 405 g/mol. The van der Waals surface area contributed by atoms with E-state index in [1.165, 1.54) is 42.5 Å². The maximum absolute atomic E-state index is 12.2. The van der Waals surface area contributed by atoms with Crippen LogP contribution in [0.4, 0.5) is 18.9 Å². The summed E-state index contributed by atoms with van der Waals surface area (Å²) in [6, 6.07) is 10.6. The number of carbonyl (C=O) groups excluding carboxylic acids is 2. The Labute approximate surface area is 157 Å². The maximum atomic E-state index is 12.2. The van der Waals surface area contributed by atoms with Gasteiger partial charge in [-0.05, 0) is 35.9 Å². The van der Waals surface area contributed by atoms with E-state index in [1.807, 2.05) is 0 Å². The molecule has 0 spiro atoms. The van der Waals surface area contributed by atoms with E-state index in [1.54, 1.807) is 5.32 Å². The van der Waals surface area contributed by atoms with Crippen LogP contribution in [0.25, 0.3) is 0 Å². The summed E-state index contributed by atoms with van der Waals surface area (Å²) in [6.07, 6.45) is -4.65. The lowest BCUT2D eigenvalue weighted by molar-refractivity contribution is -0.138. The van der Waals surface area contributed by atoms with E-state index >= 15 is 0 Å². The first kappa shape index (κ1) is 20.1. The van der Waals surface area contributed by atoms with E-state index < -0.39 is 24.5 Å². The van der Waals surface area contributed by atoms with Gasteiger partial charge in [-0.3, -0.25) is 9.59 Å². The summed E-state index contributed by atoms with van der Waals surface area (Å²) >= 11 is 11.7. The second-order valence-corrected chi connectivity index (χ2v) is 6.19. The molecule has 0 aliphatic rings. The molecule has 2 N–H and O–H groups in total. The molecular weight excluding hydrogens is 392 g/mol. The summed E-state index contributed by atoms with van der Waals surface area (Å²) in [6.45, 7) is -1.37. The smallest absolute Gasteiger partial charge is 0.347 e. The van der Waals surface area contributed by atoms with Crippen molar-refractivity contribution in [2.45, 2.75) is 12.6 Å². The zero-order chi connectivity index (χ0) is 19.3. The predicted octanol–water partition coefficient (Wildman–Crippen LogP) is 4.47. The average Bonchev–Trinajstić information content (AvgIpc) is 2.54. The van der Waals surface area contributed by atoms with Gasteiger partial charge in [0.05, 0.1) is 17.0 Å². The molecule has 0 saturated heterocycles. The lowest BCUT2D eigenvalue weighted by atomic mass is 10.1. The number of alkyl halides is 3. The SMILES string of the molecule is O=C(Cc1ccc(NC(=O)c2ccc(Cl)cc2Cl)cc1)NCC(F)(F)F. The molecule has 0 bridgehead atoms. The van der Waals surface area contributed by atoms with E-state index in [-0.39, 0.29) is 17.0 Å². The minimum atomic E-state index is -4.45. The van der Waals surface area contributed by atoms with Gasteiger partial charge in [0.1, 0.15) is 6.54 Å². The Morgan fingerprint density at radius 1 is 1.00 bits per heavy atom. The lowest BCUT2D eigenvalue weighted by Crippen LogP contribution is -2.34. The van der Waals surface area contributed by atoms with Crippen molar-refractivity contribution in [2.24, 2.45) is 0 Å². The summed E-state index contributed by atoms with van der Waals surface area (Å²) < 4.78 is 36.1. The number of amides is 2. The fourth-order valence-electron chi connectivity index (χ4n) is 2.02. The van der Waals surface area contributed by atoms with Gasteiger partial charge in [-0.15, -0.1) is 0 Å². The number of nitrogens with one attached hydrogen (secondary N) is 2. The Morgan fingerprint density at radius 3 is 2.23 bits per heavy atom. The molecule has 0 saturated carbocycles. The van der Waals surface area contributed by atoms with Crippen molar-refractivity contribution in [1.82, 2.24) is 5.32 Å². The molecule has 0 fully saturated rings. The molecule has 2 rings (SSSR count). The van der Waals surface area contributed by atoms with Crippen LogP contribution in [0.3, 0.4) is 0 Å². The zero-order valence-electron chi connectivity index (χ0n) is 13.2. The van der Waals surface area contributed by atoms with Crippen LogP contribution in [-0.4, -0.2) is 24.5 Å². The molecule has 2 aromatic carbocycles. The summed E-state index contributed by atoms with van der Waals surface area (Å²) in [5.74, 6) is -1.19. The largest absolute Gasteiger partial charge is 0.405 e. The Balaban J connectivity index is 1.94. The van der Waals surface area contributed by atoms with E-state index in [4.69, 9.17) is 23.2 Å². The first-order valence-electron chi connectivity index (χ1n) is 7.33. The first-order chi connectivity index (χ1) is 12.1. The van der Waals surface area contributed by atoms with Crippen LogP contribution >= 0.6 is 23.2 Å². The van der Waals surface area contributed by atoms with Gasteiger partial charge in [0.25, 0.3) is 5.91 Å². The minimum absolute atomic E-state index is 0.201. The van der Waals surface area contributed by atoms with Gasteiger partial charge >= 0.3 is 6.18 Å². The Kier molecular flexibility index (Phi) is 6.50. The molecule has 0 radical (unpaired) electrons. The number of hydrogen-bond acceptors (Lipinski definition) is 2. The number of rotatable bonds is 5. The maximum Gasteiger partial charge on any atom is 0.405 e. The summed E-state index contributed by atoms with van der Waals surface area (Å²) in [5, 5.41) is 5.02. The molecule has 0 heterocycles. The molecule has 2 amide bonds. The summed E-state index contributed by atoms with van der Waals surface area (Å²) in [4.78, 5) is 23.6. The van der Waals surface area contributed by atoms with Crippen molar-refractivity contribution >= 4 is 40.7 Å². The Morgan fingerprint density at radius 2 is 1.65 bits per heavy atom. The summed E-state index contributed by atoms with van der Waals surface area (Å²) in [5.41, 5.74) is 1.19. The standard InChI is InChI=1S/C17H13Cl2F3N2O2/c18-11-3-6-13(14(19)8-11)16(26)24-12-4-1-10(2-5-12)7-15(25)23-9-17(20,21)22/h1-6,8H,7,9H2,(H,23,25)(H,24,26). The van der Waals surface area contributed by atoms with Crippen molar-refractivity contribution < 1.29 is 22.8 Å². The molecule has 0 aromatic heterocycles. The Bertz CT molecular complexity index is 809. The van der Waals surface area contributed by atoms with Crippen molar-refractivity contribution in [2.75, 3.05) is 11.9 Å². The number of hydrogen-bond donors (Lipinski definition) is 2.